The number of aliphatic hydroxyl groups excluding tert-OH is 1. The van der Waals surface area contributed by atoms with E-state index in [2.05, 4.69) is 41.4 Å². The van der Waals surface area contributed by atoms with Crippen molar-refractivity contribution in [3.8, 4) is 11.5 Å². The number of ketones is 1. The highest BCUT2D eigenvalue weighted by Crippen LogP contribution is 2.34. The first kappa shape index (κ1) is 38.6. The van der Waals surface area contributed by atoms with E-state index in [4.69, 9.17) is 21.1 Å². The van der Waals surface area contributed by atoms with Crippen molar-refractivity contribution in [1.82, 2.24) is 15.1 Å². The van der Waals surface area contributed by atoms with Gasteiger partial charge in [0, 0.05) is 49.4 Å². The lowest BCUT2D eigenvalue weighted by Crippen LogP contribution is -2.57. The van der Waals surface area contributed by atoms with Gasteiger partial charge in [-0.25, -0.2) is 0 Å². The van der Waals surface area contributed by atoms with Crippen molar-refractivity contribution in [2.45, 2.75) is 51.2 Å². The minimum Gasteiger partial charge on any atom is -0.497 e. The molecule has 9 heteroatoms. The first-order chi connectivity index (χ1) is 24.1. The predicted molar refractivity (Wildman–Crippen MR) is 201 cm³/mol. The molecular formula is C41H50ClN3O5. The topological polar surface area (TPSA) is 91.3 Å². The third-order valence-electron chi connectivity index (χ3n) is 9.18. The van der Waals surface area contributed by atoms with Crippen molar-refractivity contribution in [3.63, 3.8) is 0 Å². The molecule has 1 fully saturated rings. The van der Waals surface area contributed by atoms with E-state index in [1.807, 2.05) is 79.4 Å². The number of amides is 1. The second-order valence-corrected chi connectivity index (χ2v) is 12.9. The summed E-state index contributed by atoms with van der Waals surface area (Å²) >= 11 is 6.45. The fraction of sp³-hybridized carbons (Fsp3) is 0.366. The number of alkyl halides is 1. The van der Waals surface area contributed by atoms with E-state index in [1.165, 1.54) is 0 Å². The lowest BCUT2D eigenvalue weighted by atomic mass is 9.93. The Morgan fingerprint density at radius 3 is 1.92 bits per heavy atom. The maximum absolute atomic E-state index is 12.7. The van der Waals surface area contributed by atoms with Crippen molar-refractivity contribution in [2.24, 2.45) is 0 Å². The molecule has 1 heterocycles. The van der Waals surface area contributed by atoms with Gasteiger partial charge >= 0.3 is 0 Å². The van der Waals surface area contributed by atoms with Crippen molar-refractivity contribution >= 4 is 23.3 Å². The van der Waals surface area contributed by atoms with Gasteiger partial charge in [-0.3, -0.25) is 14.5 Å². The molecule has 50 heavy (non-hydrogen) atoms. The average molecular weight is 700 g/mol. The maximum atomic E-state index is 12.7. The molecule has 266 valence electrons. The van der Waals surface area contributed by atoms with Gasteiger partial charge in [-0.1, -0.05) is 60.7 Å². The second-order valence-electron chi connectivity index (χ2n) is 12.4. The van der Waals surface area contributed by atoms with Crippen LogP contribution in [0, 0.1) is 0 Å². The van der Waals surface area contributed by atoms with Gasteiger partial charge in [0.05, 0.1) is 32.2 Å². The van der Waals surface area contributed by atoms with Gasteiger partial charge in [0.2, 0.25) is 0 Å². The second kappa shape index (κ2) is 18.7. The Labute approximate surface area is 302 Å². The Balaban J connectivity index is 0.000000252. The lowest BCUT2D eigenvalue weighted by Gasteiger charge is -2.43. The number of carbonyl (C=O) groups excluding carboxylic acids is 2. The largest absolute Gasteiger partial charge is 0.497 e. The molecule has 0 aliphatic carbocycles. The van der Waals surface area contributed by atoms with E-state index in [1.54, 1.807) is 33.3 Å². The minimum atomic E-state index is -0.254. The van der Waals surface area contributed by atoms with Crippen LogP contribution >= 0.6 is 11.6 Å². The van der Waals surface area contributed by atoms with Crippen LogP contribution in [-0.2, 0) is 0 Å². The number of Topliss-reactive ketones (excluding diaryl/α,β-unsaturated/α-hetero) is 1. The highest BCUT2D eigenvalue weighted by molar-refractivity contribution is 6.22. The number of piperazine rings is 1. The Morgan fingerprint density at radius 2 is 1.38 bits per heavy atom. The Bertz CT molecular complexity index is 1680. The lowest BCUT2D eigenvalue weighted by molar-refractivity contribution is 0.0771. The zero-order valence-corrected chi connectivity index (χ0v) is 30.7. The van der Waals surface area contributed by atoms with Crippen molar-refractivity contribution < 1.29 is 24.2 Å². The van der Waals surface area contributed by atoms with Gasteiger partial charge in [0.1, 0.15) is 11.5 Å². The minimum absolute atomic E-state index is 0.00106. The number of nitrogens with zero attached hydrogens (tertiary/aromatic N) is 2. The Kier molecular flexibility index (Phi) is 14.4. The number of ether oxygens (including phenoxy) is 2. The molecule has 5 rings (SSSR count). The molecule has 4 unspecified atom stereocenters. The molecule has 1 aliphatic heterocycles. The van der Waals surface area contributed by atoms with Crippen LogP contribution in [0.1, 0.15) is 82.1 Å². The Morgan fingerprint density at radius 1 is 0.840 bits per heavy atom. The monoisotopic (exact) mass is 699 g/mol. The summed E-state index contributed by atoms with van der Waals surface area (Å²) in [6.45, 7) is 10.8. The molecule has 4 aromatic carbocycles. The van der Waals surface area contributed by atoms with E-state index >= 15 is 0 Å². The number of halogens is 1. The number of carbonyl (C=O) groups is 2. The van der Waals surface area contributed by atoms with Crippen molar-refractivity contribution in [3.05, 3.63) is 130 Å². The van der Waals surface area contributed by atoms with Crippen LogP contribution in [0.4, 0.5) is 0 Å². The fourth-order valence-corrected chi connectivity index (χ4v) is 6.48. The standard InChI is InChI=1S/C25H35N3O3.C16H15ClO2/c1-5-27(6-2)25(30)20-12-10-19(11-13-20)24(21-8-7-9-23(14-21)31-4)28-16-22(17-29)26-15-18(28)3;1-11(18)12-6-8-13(9-7-12)16(17)14-4-3-5-15(10-14)19-2/h7-14,18,22,24,26,29H,5-6,15-17H2,1-4H3;3-10,16H,1-2H3. The summed E-state index contributed by atoms with van der Waals surface area (Å²) < 4.78 is 10.7. The number of aliphatic hydroxyl groups is 1. The van der Waals surface area contributed by atoms with Crippen LogP contribution in [-0.4, -0.2) is 85.7 Å². The third kappa shape index (κ3) is 9.73. The molecule has 1 saturated heterocycles. The Hall–Kier alpha value is -4.21. The van der Waals surface area contributed by atoms with Crippen LogP contribution in [0.15, 0.2) is 97.1 Å². The number of rotatable bonds is 12. The molecule has 0 saturated carbocycles. The van der Waals surface area contributed by atoms with E-state index in [9.17, 15) is 14.7 Å². The van der Waals surface area contributed by atoms with E-state index in [0.29, 0.717) is 24.2 Å². The summed E-state index contributed by atoms with van der Waals surface area (Å²) in [5.41, 5.74) is 5.58. The molecular weight excluding hydrogens is 650 g/mol. The number of hydrogen-bond donors (Lipinski definition) is 2. The molecule has 4 aromatic rings. The highest BCUT2D eigenvalue weighted by Gasteiger charge is 2.32. The summed E-state index contributed by atoms with van der Waals surface area (Å²) in [4.78, 5) is 28.2. The molecule has 2 N–H and O–H groups in total. The molecule has 4 atom stereocenters. The van der Waals surface area contributed by atoms with Gasteiger partial charge in [-0.05, 0) is 86.3 Å². The predicted octanol–water partition coefficient (Wildman–Crippen LogP) is 7.15. The number of benzene rings is 4. The first-order valence-electron chi connectivity index (χ1n) is 17.2. The molecule has 0 spiro atoms. The van der Waals surface area contributed by atoms with Crippen LogP contribution in [0.5, 0.6) is 11.5 Å². The molecule has 0 aromatic heterocycles. The SMILES string of the molecule is CCN(CC)C(=O)c1ccc(C(c2cccc(OC)c2)N2CC(CO)NCC2C)cc1.COc1cccc(C(Cl)c2ccc(C(C)=O)cc2)c1. The molecule has 1 aliphatic rings. The normalized spacial score (nSPS) is 17.1. The van der Waals surface area contributed by atoms with Crippen LogP contribution in [0.25, 0.3) is 0 Å². The molecule has 0 bridgehead atoms. The number of hydrogen-bond acceptors (Lipinski definition) is 7. The van der Waals surface area contributed by atoms with Gasteiger partial charge in [0.15, 0.2) is 5.78 Å². The van der Waals surface area contributed by atoms with Crippen LogP contribution in [0.3, 0.4) is 0 Å². The quantitative estimate of drug-likeness (QED) is 0.120. The van der Waals surface area contributed by atoms with E-state index in [0.717, 1.165) is 46.8 Å². The van der Waals surface area contributed by atoms with E-state index in [-0.39, 0.29) is 41.8 Å². The molecule has 0 radical (unpaired) electrons. The molecule has 1 amide bonds. The first-order valence-corrected chi connectivity index (χ1v) is 17.6. The summed E-state index contributed by atoms with van der Waals surface area (Å²) in [6, 6.07) is 31.5. The number of methoxy groups -OCH3 is 2. The van der Waals surface area contributed by atoms with Gasteiger partial charge in [-0.15, -0.1) is 11.6 Å². The van der Waals surface area contributed by atoms with Crippen LogP contribution in [0.2, 0.25) is 0 Å². The van der Waals surface area contributed by atoms with Crippen molar-refractivity contribution in [2.75, 3.05) is 47.0 Å². The molecule has 8 nitrogen and oxygen atoms in total. The van der Waals surface area contributed by atoms with E-state index < -0.39 is 0 Å². The maximum Gasteiger partial charge on any atom is 0.253 e. The summed E-state index contributed by atoms with van der Waals surface area (Å²) in [6.07, 6.45) is 0. The fourth-order valence-electron chi connectivity index (χ4n) is 6.20. The summed E-state index contributed by atoms with van der Waals surface area (Å²) in [5.74, 6) is 1.71. The highest BCUT2D eigenvalue weighted by atomic mass is 35.5. The van der Waals surface area contributed by atoms with Gasteiger partial charge in [-0.2, -0.15) is 0 Å². The smallest absolute Gasteiger partial charge is 0.253 e. The average Bonchev–Trinajstić information content (AvgIpc) is 3.16. The summed E-state index contributed by atoms with van der Waals surface area (Å²) in [7, 11) is 3.31. The van der Waals surface area contributed by atoms with Gasteiger partial charge < -0.3 is 24.8 Å². The zero-order valence-electron chi connectivity index (χ0n) is 29.9. The van der Waals surface area contributed by atoms with Crippen LogP contribution < -0.4 is 14.8 Å². The number of nitrogens with one attached hydrogen (secondary N) is 1. The van der Waals surface area contributed by atoms with Crippen molar-refractivity contribution in [1.29, 1.82) is 0 Å². The zero-order chi connectivity index (χ0) is 36.2. The van der Waals surface area contributed by atoms with Gasteiger partial charge in [0.25, 0.3) is 5.91 Å². The summed E-state index contributed by atoms with van der Waals surface area (Å²) in [5, 5.41) is 12.9. The third-order valence-corrected chi connectivity index (χ3v) is 9.69.